The molecule has 1 fully saturated rings. The number of nitrogens with one attached hydrogen (secondary N) is 2. The van der Waals surface area contributed by atoms with Crippen molar-refractivity contribution < 1.29 is 0 Å². The Morgan fingerprint density at radius 1 is 1.59 bits per heavy atom. The zero-order chi connectivity index (χ0) is 12.3. The number of hydrogen-bond acceptors (Lipinski definition) is 5. The molecule has 0 atom stereocenters. The molecule has 1 saturated heterocycles. The summed E-state index contributed by atoms with van der Waals surface area (Å²) < 4.78 is 0. The van der Waals surface area contributed by atoms with Gasteiger partial charge >= 0.3 is 0 Å². The van der Waals surface area contributed by atoms with Gasteiger partial charge in [-0.1, -0.05) is 29.9 Å². The van der Waals surface area contributed by atoms with Crippen molar-refractivity contribution in [2.75, 3.05) is 25.0 Å². The van der Waals surface area contributed by atoms with Crippen LogP contribution in [-0.4, -0.2) is 24.6 Å². The number of piperidine rings is 1. The molecule has 0 bridgehead atoms. The minimum absolute atomic E-state index is 0.301. The molecular weight excluding hydrogens is 256 g/mol. The van der Waals surface area contributed by atoms with E-state index in [1.807, 2.05) is 6.07 Å². The fourth-order valence-corrected chi connectivity index (χ4v) is 2.88. The summed E-state index contributed by atoms with van der Waals surface area (Å²) in [5, 5.41) is 16.5. The van der Waals surface area contributed by atoms with E-state index < -0.39 is 0 Å². The molecule has 0 radical (unpaired) electrons. The van der Waals surface area contributed by atoms with Crippen molar-refractivity contribution in [1.29, 1.82) is 5.26 Å². The van der Waals surface area contributed by atoms with E-state index in [-0.39, 0.29) is 0 Å². The lowest BCUT2D eigenvalue weighted by Crippen LogP contribution is -2.39. The van der Waals surface area contributed by atoms with Crippen molar-refractivity contribution >= 4 is 28.1 Å². The van der Waals surface area contributed by atoms with Gasteiger partial charge in [-0.2, -0.15) is 5.26 Å². The van der Waals surface area contributed by atoms with Gasteiger partial charge in [0.25, 0.3) is 0 Å². The summed E-state index contributed by atoms with van der Waals surface area (Å²) in [5.74, 6) is 0. The third-order valence-corrected chi connectivity index (χ3v) is 4.47. The highest BCUT2D eigenvalue weighted by atomic mass is 35.5. The van der Waals surface area contributed by atoms with E-state index in [0.717, 1.165) is 37.6 Å². The number of nitrogens with zero attached hydrogens (tertiary/aromatic N) is 2. The third kappa shape index (κ3) is 3.09. The first kappa shape index (κ1) is 12.6. The van der Waals surface area contributed by atoms with Gasteiger partial charge in [-0.15, -0.1) is 0 Å². The van der Waals surface area contributed by atoms with Gasteiger partial charge in [-0.05, 0) is 31.3 Å². The lowest BCUT2D eigenvalue weighted by molar-refractivity contribution is 0.247. The van der Waals surface area contributed by atoms with E-state index in [2.05, 4.69) is 22.5 Å². The van der Waals surface area contributed by atoms with Gasteiger partial charge in [0.2, 0.25) is 0 Å². The van der Waals surface area contributed by atoms with Crippen molar-refractivity contribution in [3.63, 3.8) is 0 Å². The lowest BCUT2D eigenvalue weighted by Gasteiger charge is -2.34. The second-order valence-electron chi connectivity index (χ2n) is 4.66. The maximum Gasteiger partial charge on any atom is 0.185 e. The molecule has 0 amide bonds. The molecule has 1 aliphatic rings. The SMILES string of the molecule is CC1(CNc2nc(Cl)c(C#N)s2)CCNCC1. The summed E-state index contributed by atoms with van der Waals surface area (Å²) in [4.78, 5) is 4.61. The quantitative estimate of drug-likeness (QED) is 0.886. The molecular formula is C11H15ClN4S. The molecule has 0 aliphatic carbocycles. The Balaban J connectivity index is 1.95. The maximum absolute atomic E-state index is 8.80. The second kappa shape index (κ2) is 5.21. The van der Waals surface area contributed by atoms with Gasteiger partial charge in [-0.25, -0.2) is 4.98 Å². The number of nitriles is 1. The van der Waals surface area contributed by atoms with Crippen LogP contribution in [0, 0.1) is 16.7 Å². The lowest BCUT2D eigenvalue weighted by atomic mass is 9.81. The van der Waals surface area contributed by atoms with Crippen molar-refractivity contribution in [2.45, 2.75) is 19.8 Å². The fraction of sp³-hybridized carbons (Fsp3) is 0.636. The third-order valence-electron chi connectivity index (χ3n) is 3.16. The van der Waals surface area contributed by atoms with Gasteiger partial charge < -0.3 is 10.6 Å². The Kier molecular flexibility index (Phi) is 3.87. The van der Waals surface area contributed by atoms with Crippen LogP contribution in [0.2, 0.25) is 5.15 Å². The first-order chi connectivity index (χ1) is 8.13. The predicted octanol–water partition coefficient (Wildman–Crippen LogP) is 2.47. The molecule has 1 aromatic rings. The fourth-order valence-electron chi connectivity index (χ4n) is 1.94. The van der Waals surface area contributed by atoms with Crippen LogP contribution in [0.3, 0.4) is 0 Å². The summed E-state index contributed by atoms with van der Waals surface area (Å²) in [6.45, 7) is 5.30. The zero-order valence-electron chi connectivity index (χ0n) is 9.72. The van der Waals surface area contributed by atoms with E-state index >= 15 is 0 Å². The van der Waals surface area contributed by atoms with Crippen LogP contribution in [-0.2, 0) is 0 Å². The van der Waals surface area contributed by atoms with E-state index in [1.165, 1.54) is 11.3 Å². The number of halogens is 1. The number of thiazole rings is 1. The topological polar surface area (TPSA) is 60.7 Å². The number of hydrogen-bond donors (Lipinski definition) is 2. The number of rotatable bonds is 3. The highest BCUT2D eigenvalue weighted by Gasteiger charge is 2.26. The van der Waals surface area contributed by atoms with Crippen LogP contribution < -0.4 is 10.6 Å². The minimum atomic E-state index is 0.301. The minimum Gasteiger partial charge on any atom is -0.361 e. The molecule has 4 nitrogen and oxygen atoms in total. The Morgan fingerprint density at radius 3 is 2.88 bits per heavy atom. The Bertz CT molecular complexity index is 431. The monoisotopic (exact) mass is 270 g/mol. The maximum atomic E-state index is 8.80. The van der Waals surface area contributed by atoms with Crippen LogP contribution in [0.4, 0.5) is 5.13 Å². The molecule has 2 N–H and O–H groups in total. The second-order valence-corrected chi connectivity index (χ2v) is 6.02. The van der Waals surface area contributed by atoms with Crippen LogP contribution in [0.15, 0.2) is 0 Å². The number of anilines is 1. The standard InChI is InChI=1S/C11H15ClN4S/c1-11(2-4-14-5-3-11)7-15-10-16-9(12)8(6-13)17-10/h14H,2-5,7H2,1H3,(H,15,16). The Hall–Kier alpha value is -0.830. The summed E-state index contributed by atoms with van der Waals surface area (Å²) in [7, 11) is 0. The molecule has 0 aromatic carbocycles. The van der Waals surface area contributed by atoms with Crippen molar-refractivity contribution in [1.82, 2.24) is 10.3 Å². The van der Waals surface area contributed by atoms with E-state index in [9.17, 15) is 0 Å². The van der Waals surface area contributed by atoms with Crippen molar-refractivity contribution in [3.8, 4) is 6.07 Å². The predicted molar refractivity (Wildman–Crippen MR) is 70.5 cm³/mol. The molecule has 2 rings (SSSR count). The summed E-state index contributed by atoms with van der Waals surface area (Å²) >= 11 is 7.14. The molecule has 92 valence electrons. The molecule has 1 aromatic heterocycles. The van der Waals surface area contributed by atoms with Crippen molar-refractivity contribution in [3.05, 3.63) is 10.0 Å². The first-order valence-electron chi connectivity index (χ1n) is 5.64. The largest absolute Gasteiger partial charge is 0.361 e. The smallest absolute Gasteiger partial charge is 0.185 e. The molecule has 1 aliphatic heterocycles. The molecule has 0 unspecified atom stereocenters. The van der Waals surface area contributed by atoms with Crippen molar-refractivity contribution in [2.24, 2.45) is 5.41 Å². The average molecular weight is 271 g/mol. The normalized spacial score (nSPS) is 18.6. The molecule has 0 saturated carbocycles. The Morgan fingerprint density at radius 2 is 2.29 bits per heavy atom. The molecule has 2 heterocycles. The average Bonchev–Trinajstić information content (AvgIpc) is 2.68. The highest BCUT2D eigenvalue weighted by Crippen LogP contribution is 2.30. The van der Waals surface area contributed by atoms with Crippen LogP contribution in [0.5, 0.6) is 0 Å². The first-order valence-corrected chi connectivity index (χ1v) is 6.83. The van der Waals surface area contributed by atoms with E-state index in [1.54, 1.807) is 0 Å². The summed E-state index contributed by atoms with van der Waals surface area (Å²) in [5.41, 5.74) is 0.302. The van der Waals surface area contributed by atoms with Gasteiger partial charge in [0.1, 0.15) is 10.9 Å². The van der Waals surface area contributed by atoms with Gasteiger partial charge in [0.15, 0.2) is 10.3 Å². The molecule has 17 heavy (non-hydrogen) atoms. The van der Waals surface area contributed by atoms with Crippen LogP contribution in [0.1, 0.15) is 24.6 Å². The van der Waals surface area contributed by atoms with E-state index in [0.29, 0.717) is 15.4 Å². The molecule has 6 heteroatoms. The van der Waals surface area contributed by atoms with Gasteiger partial charge in [-0.3, -0.25) is 0 Å². The van der Waals surface area contributed by atoms with Gasteiger partial charge in [0, 0.05) is 6.54 Å². The van der Waals surface area contributed by atoms with Gasteiger partial charge in [0.05, 0.1) is 0 Å². The van der Waals surface area contributed by atoms with Crippen LogP contribution >= 0.6 is 22.9 Å². The van der Waals surface area contributed by atoms with E-state index in [4.69, 9.17) is 16.9 Å². The Labute approximate surface area is 110 Å². The van der Waals surface area contributed by atoms with Crippen LogP contribution in [0.25, 0.3) is 0 Å². The highest BCUT2D eigenvalue weighted by molar-refractivity contribution is 7.16. The zero-order valence-corrected chi connectivity index (χ0v) is 11.3. The summed E-state index contributed by atoms with van der Waals surface area (Å²) in [6, 6.07) is 2.04. The summed E-state index contributed by atoms with van der Waals surface area (Å²) in [6.07, 6.45) is 2.31. The number of aromatic nitrogens is 1. The molecule has 0 spiro atoms.